The van der Waals surface area contributed by atoms with Crippen LogP contribution in [-0.4, -0.2) is 39.5 Å². The molecule has 0 aromatic carbocycles. The smallest absolute Gasteiger partial charge is 0.167 e. The van der Waals surface area contributed by atoms with Crippen molar-refractivity contribution in [2.45, 2.75) is 44.9 Å². The van der Waals surface area contributed by atoms with Crippen molar-refractivity contribution in [1.29, 1.82) is 5.26 Å². The highest BCUT2D eigenvalue weighted by Crippen LogP contribution is 2.22. The molecule has 0 aliphatic carbocycles. The minimum Gasteiger partial charge on any atom is -0.395 e. The number of aliphatic hydroxyl groups is 1. The standard InChI is InChI=1S/C14H22N4OS/c1-5-10-11(7-15)14(18-17-12(10)6-2)16-9(3)13(8-19)20-4/h9,13,19H,5-6,8H2,1-4H3,(H,16,18). The largest absolute Gasteiger partial charge is 0.395 e. The van der Waals surface area contributed by atoms with Gasteiger partial charge in [0.05, 0.1) is 12.3 Å². The first-order chi connectivity index (χ1) is 9.62. The molecule has 0 saturated carbocycles. The third-order valence-electron chi connectivity index (χ3n) is 3.36. The van der Waals surface area contributed by atoms with Crippen LogP contribution in [0.1, 0.15) is 37.6 Å². The number of thioether (sulfide) groups is 1. The molecule has 5 nitrogen and oxygen atoms in total. The zero-order valence-electron chi connectivity index (χ0n) is 12.5. The molecule has 1 aromatic heterocycles. The first-order valence-electron chi connectivity index (χ1n) is 6.81. The quantitative estimate of drug-likeness (QED) is 0.800. The predicted octanol–water partition coefficient (Wildman–Crippen LogP) is 2.00. The normalized spacial score (nSPS) is 13.6. The number of anilines is 1. The van der Waals surface area contributed by atoms with Crippen molar-refractivity contribution in [3.8, 4) is 6.07 Å². The van der Waals surface area contributed by atoms with Gasteiger partial charge in [0.15, 0.2) is 5.82 Å². The molecule has 2 N–H and O–H groups in total. The maximum absolute atomic E-state index is 9.40. The molecule has 2 unspecified atom stereocenters. The number of hydrogen-bond donors (Lipinski definition) is 2. The Bertz CT molecular complexity index is 483. The summed E-state index contributed by atoms with van der Waals surface area (Å²) in [6.07, 6.45) is 3.48. The van der Waals surface area contributed by atoms with Crippen LogP contribution in [0.5, 0.6) is 0 Å². The summed E-state index contributed by atoms with van der Waals surface area (Å²) in [5.74, 6) is 0.515. The second kappa shape index (κ2) is 8.08. The first kappa shape index (κ1) is 16.7. The van der Waals surface area contributed by atoms with E-state index in [1.165, 1.54) is 0 Å². The van der Waals surface area contributed by atoms with Gasteiger partial charge in [-0.3, -0.25) is 0 Å². The van der Waals surface area contributed by atoms with E-state index in [0.717, 1.165) is 24.1 Å². The molecule has 0 aliphatic rings. The van der Waals surface area contributed by atoms with Gasteiger partial charge in [0.25, 0.3) is 0 Å². The number of nitrogens with one attached hydrogen (secondary N) is 1. The Balaban J connectivity index is 3.10. The average Bonchev–Trinajstić information content (AvgIpc) is 2.47. The lowest BCUT2D eigenvalue weighted by molar-refractivity contribution is 0.288. The van der Waals surface area contributed by atoms with Gasteiger partial charge in [-0.1, -0.05) is 13.8 Å². The Morgan fingerprint density at radius 3 is 2.50 bits per heavy atom. The van der Waals surface area contributed by atoms with Gasteiger partial charge in [-0.25, -0.2) is 0 Å². The van der Waals surface area contributed by atoms with Crippen LogP contribution in [0.25, 0.3) is 0 Å². The maximum atomic E-state index is 9.40. The summed E-state index contributed by atoms with van der Waals surface area (Å²) >= 11 is 1.58. The van der Waals surface area contributed by atoms with Crippen molar-refractivity contribution < 1.29 is 5.11 Å². The lowest BCUT2D eigenvalue weighted by atomic mass is 10.0. The van der Waals surface area contributed by atoms with Crippen LogP contribution in [-0.2, 0) is 12.8 Å². The van der Waals surface area contributed by atoms with Crippen LogP contribution in [0.2, 0.25) is 0 Å². The topological polar surface area (TPSA) is 81.8 Å². The number of hydrogen-bond acceptors (Lipinski definition) is 6. The van der Waals surface area contributed by atoms with E-state index >= 15 is 0 Å². The molecule has 1 rings (SSSR count). The van der Waals surface area contributed by atoms with Crippen molar-refractivity contribution in [2.24, 2.45) is 0 Å². The van der Waals surface area contributed by atoms with Gasteiger partial charge in [-0.15, -0.1) is 5.10 Å². The number of rotatable bonds is 7. The van der Waals surface area contributed by atoms with Gasteiger partial charge in [-0.2, -0.15) is 22.1 Å². The highest BCUT2D eigenvalue weighted by molar-refractivity contribution is 7.99. The first-order valence-corrected chi connectivity index (χ1v) is 8.10. The molecule has 0 fully saturated rings. The SMILES string of the molecule is CCc1nnc(NC(C)C(CO)SC)c(C#N)c1CC. The molecule has 110 valence electrons. The molecular weight excluding hydrogens is 272 g/mol. The second-order valence-electron chi connectivity index (χ2n) is 4.56. The molecule has 1 aromatic rings. The molecule has 20 heavy (non-hydrogen) atoms. The second-order valence-corrected chi connectivity index (χ2v) is 5.63. The van der Waals surface area contributed by atoms with Crippen LogP contribution in [0.15, 0.2) is 0 Å². The summed E-state index contributed by atoms with van der Waals surface area (Å²) in [5, 5.41) is 30.3. The number of nitriles is 1. The molecule has 0 aliphatic heterocycles. The van der Waals surface area contributed by atoms with E-state index in [-0.39, 0.29) is 17.9 Å². The fourth-order valence-electron chi connectivity index (χ4n) is 2.14. The highest BCUT2D eigenvalue weighted by Gasteiger charge is 2.19. The van der Waals surface area contributed by atoms with E-state index in [1.54, 1.807) is 11.8 Å². The average molecular weight is 294 g/mol. The molecule has 6 heteroatoms. The Morgan fingerprint density at radius 2 is 2.05 bits per heavy atom. The van der Waals surface area contributed by atoms with Gasteiger partial charge in [-0.05, 0) is 31.6 Å². The van der Waals surface area contributed by atoms with Crippen LogP contribution < -0.4 is 5.32 Å². The van der Waals surface area contributed by atoms with E-state index in [9.17, 15) is 10.4 Å². The summed E-state index contributed by atoms with van der Waals surface area (Å²) in [7, 11) is 0. The van der Waals surface area contributed by atoms with Gasteiger partial charge in [0.1, 0.15) is 11.6 Å². The van der Waals surface area contributed by atoms with Gasteiger partial charge >= 0.3 is 0 Å². The van der Waals surface area contributed by atoms with Crippen molar-refractivity contribution in [2.75, 3.05) is 18.2 Å². The summed E-state index contributed by atoms with van der Waals surface area (Å²) < 4.78 is 0. The fraction of sp³-hybridized carbons (Fsp3) is 0.643. The van der Waals surface area contributed by atoms with Gasteiger partial charge in [0, 0.05) is 11.3 Å². The molecule has 1 heterocycles. The van der Waals surface area contributed by atoms with E-state index in [4.69, 9.17) is 0 Å². The number of aryl methyl sites for hydroxylation is 1. The van der Waals surface area contributed by atoms with Crippen molar-refractivity contribution >= 4 is 17.6 Å². The maximum Gasteiger partial charge on any atom is 0.167 e. The third kappa shape index (κ3) is 3.62. The molecule has 0 bridgehead atoms. The van der Waals surface area contributed by atoms with E-state index in [0.29, 0.717) is 11.4 Å². The van der Waals surface area contributed by atoms with Crippen molar-refractivity contribution in [3.63, 3.8) is 0 Å². The molecule has 0 saturated heterocycles. The van der Waals surface area contributed by atoms with Gasteiger partial charge in [0.2, 0.25) is 0 Å². The summed E-state index contributed by atoms with van der Waals surface area (Å²) in [6, 6.07) is 2.24. The van der Waals surface area contributed by atoms with Crippen LogP contribution in [0.3, 0.4) is 0 Å². The van der Waals surface area contributed by atoms with Crippen LogP contribution >= 0.6 is 11.8 Å². The van der Waals surface area contributed by atoms with E-state index in [1.807, 2.05) is 27.0 Å². The highest BCUT2D eigenvalue weighted by atomic mass is 32.2. The van der Waals surface area contributed by atoms with Gasteiger partial charge < -0.3 is 10.4 Å². The molecular formula is C14H22N4OS. The molecule has 0 radical (unpaired) electrons. The summed E-state index contributed by atoms with van der Waals surface area (Å²) in [5.41, 5.74) is 2.42. The minimum absolute atomic E-state index is 0.00795. The van der Waals surface area contributed by atoms with Crippen LogP contribution in [0, 0.1) is 11.3 Å². The monoisotopic (exact) mass is 294 g/mol. The Kier molecular flexibility index (Phi) is 6.76. The fourth-order valence-corrected chi connectivity index (χ4v) is 2.77. The molecule has 2 atom stereocenters. The molecule has 0 amide bonds. The van der Waals surface area contributed by atoms with E-state index in [2.05, 4.69) is 21.6 Å². The minimum atomic E-state index is 0.00795. The number of nitrogens with zero attached hydrogens (tertiary/aromatic N) is 3. The lowest BCUT2D eigenvalue weighted by Gasteiger charge is -2.22. The summed E-state index contributed by atoms with van der Waals surface area (Å²) in [4.78, 5) is 0. The Morgan fingerprint density at radius 1 is 1.35 bits per heavy atom. The predicted molar refractivity (Wildman–Crippen MR) is 83.0 cm³/mol. The number of aliphatic hydroxyl groups excluding tert-OH is 1. The Hall–Kier alpha value is -1.32. The van der Waals surface area contributed by atoms with Crippen LogP contribution in [0.4, 0.5) is 5.82 Å². The zero-order chi connectivity index (χ0) is 15.1. The summed E-state index contributed by atoms with van der Waals surface area (Å²) in [6.45, 7) is 6.08. The van der Waals surface area contributed by atoms with Crippen molar-refractivity contribution in [1.82, 2.24) is 10.2 Å². The van der Waals surface area contributed by atoms with Crippen molar-refractivity contribution in [3.05, 3.63) is 16.8 Å². The number of aromatic nitrogens is 2. The Labute approximate surface area is 124 Å². The lowest BCUT2D eigenvalue weighted by Crippen LogP contribution is -2.32. The van der Waals surface area contributed by atoms with E-state index < -0.39 is 0 Å². The third-order valence-corrected chi connectivity index (χ3v) is 4.53. The zero-order valence-corrected chi connectivity index (χ0v) is 13.3. The molecule has 0 spiro atoms.